The molecule has 1 rings (SSSR count). The summed E-state index contributed by atoms with van der Waals surface area (Å²) in [5.74, 6) is -1.04. The molecule has 0 fully saturated rings. The molecule has 0 amide bonds. The lowest BCUT2D eigenvalue weighted by Crippen LogP contribution is -2.04. The summed E-state index contributed by atoms with van der Waals surface area (Å²) in [6.07, 6.45) is 1.38. The highest BCUT2D eigenvalue weighted by Crippen LogP contribution is 2.12. The molecule has 0 saturated heterocycles. The van der Waals surface area contributed by atoms with E-state index in [2.05, 4.69) is 0 Å². The topological polar surface area (TPSA) is 63.3 Å². The van der Waals surface area contributed by atoms with Crippen molar-refractivity contribution < 1.29 is 9.90 Å². The Kier molecular flexibility index (Phi) is 3.54. The van der Waals surface area contributed by atoms with Gasteiger partial charge in [-0.3, -0.25) is 0 Å². The maximum Gasteiger partial charge on any atom is 0.330 e. The zero-order chi connectivity index (χ0) is 10.6. The van der Waals surface area contributed by atoms with E-state index >= 15 is 0 Å². The number of carbonyl (C=O) groups is 1. The van der Waals surface area contributed by atoms with Crippen LogP contribution >= 0.6 is 11.6 Å². The molecule has 0 bridgehead atoms. The molecule has 0 aliphatic carbocycles. The van der Waals surface area contributed by atoms with Crippen LogP contribution in [-0.4, -0.2) is 11.1 Å². The summed E-state index contributed by atoms with van der Waals surface area (Å²) in [6, 6.07) is 7.15. The number of benzene rings is 1. The van der Waals surface area contributed by atoms with Gasteiger partial charge in [0.05, 0.1) is 0 Å². The molecule has 0 aliphatic heterocycles. The second-order valence-electron chi connectivity index (χ2n) is 2.86. The van der Waals surface area contributed by atoms with Crippen LogP contribution in [0.4, 0.5) is 0 Å². The first-order chi connectivity index (χ1) is 6.58. The number of hydrogen-bond acceptors (Lipinski definition) is 2. The fraction of sp³-hybridized carbons (Fsp3) is 0.100. The Balaban J connectivity index is 2.74. The van der Waals surface area contributed by atoms with Gasteiger partial charge in [-0.15, -0.1) is 0 Å². The van der Waals surface area contributed by atoms with Gasteiger partial charge in [0.15, 0.2) is 0 Å². The van der Waals surface area contributed by atoms with E-state index < -0.39 is 5.97 Å². The van der Waals surface area contributed by atoms with Gasteiger partial charge in [-0.2, -0.15) is 0 Å². The number of rotatable bonds is 3. The molecular formula is C10H10ClNO2. The highest BCUT2D eigenvalue weighted by molar-refractivity contribution is 6.30. The lowest BCUT2D eigenvalue weighted by Gasteiger charge is -2.01. The Bertz CT molecular complexity index is 374. The monoisotopic (exact) mass is 211 g/mol. The Morgan fingerprint density at radius 2 is 2.29 bits per heavy atom. The van der Waals surface area contributed by atoms with Crippen molar-refractivity contribution in [3.8, 4) is 0 Å². The van der Waals surface area contributed by atoms with Crippen LogP contribution in [-0.2, 0) is 11.2 Å². The minimum Gasteiger partial charge on any atom is -0.478 e. The van der Waals surface area contributed by atoms with Crippen LogP contribution in [0.25, 0.3) is 0 Å². The van der Waals surface area contributed by atoms with Gasteiger partial charge < -0.3 is 10.8 Å². The van der Waals surface area contributed by atoms with Crippen LogP contribution in [0, 0.1) is 0 Å². The third kappa shape index (κ3) is 3.49. The van der Waals surface area contributed by atoms with Gasteiger partial charge in [-0.1, -0.05) is 23.7 Å². The van der Waals surface area contributed by atoms with Crippen molar-refractivity contribution in [2.75, 3.05) is 0 Å². The molecule has 14 heavy (non-hydrogen) atoms. The van der Waals surface area contributed by atoms with Gasteiger partial charge in [0.2, 0.25) is 0 Å². The summed E-state index contributed by atoms with van der Waals surface area (Å²) in [6.45, 7) is 0. The summed E-state index contributed by atoms with van der Waals surface area (Å²) < 4.78 is 0. The third-order valence-electron chi connectivity index (χ3n) is 1.61. The number of halogens is 1. The fourth-order valence-electron chi connectivity index (χ4n) is 1.09. The summed E-state index contributed by atoms with van der Waals surface area (Å²) in [4.78, 5) is 10.3. The second-order valence-corrected chi connectivity index (χ2v) is 3.30. The lowest BCUT2D eigenvalue weighted by molar-refractivity contribution is -0.131. The highest BCUT2D eigenvalue weighted by Gasteiger charge is 1.98. The number of allylic oxidation sites excluding steroid dienone is 1. The number of carboxylic acid groups (broad SMARTS) is 1. The third-order valence-corrected chi connectivity index (χ3v) is 1.84. The molecule has 0 aliphatic rings. The summed E-state index contributed by atoms with van der Waals surface area (Å²) in [7, 11) is 0. The molecule has 3 N–H and O–H groups in total. The highest BCUT2D eigenvalue weighted by atomic mass is 35.5. The van der Waals surface area contributed by atoms with Crippen LogP contribution in [0.1, 0.15) is 5.56 Å². The minimum absolute atomic E-state index is 0.305. The Hall–Kier alpha value is -1.48. The Labute approximate surface area is 86.8 Å². The standard InChI is InChI=1S/C10H10ClNO2/c11-8-3-1-2-7(4-8)5-9(12)6-10(13)14/h1-4,6H,5,12H2,(H,13,14). The number of carboxylic acids is 1. The zero-order valence-corrected chi connectivity index (χ0v) is 8.16. The second kappa shape index (κ2) is 4.67. The van der Waals surface area contributed by atoms with Crippen LogP contribution in [0.3, 0.4) is 0 Å². The molecule has 1 aromatic rings. The van der Waals surface area contributed by atoms with E-state index in [9.17, 15) is 4.79 Å². The maximum absolute atomic E-state index is 10.3. The quantitative estimate of drug-likeness (QED) is 0.750. The molecule has 0 unspecified atom stereocenters. The van der Waals surface area contributed by atoms with Gasteiger partial charge >= 0.3 is 5.97 Å². The SMILES string of the molecule is NC(=CC(=O)O)Cc1cccc(Cl)c1. The van der Waals surface area contributed by atoms with Crippen LogP contribution in [0.15, 0.2) is 36.0 Å². The number of nitrogens with two attached hydrogens (primary N) is 1. The predicted octanol–water partition coefficient (Wildman–Crippen LogP) is 1.81. The first-order valence-corrected chi connectivity index (χ1v) is 4.39. The molecule has 1 aromatic carbocycles. The molecule has 0 aromatic heterocycles. The van der Waals surface area contributed by atoms with E-state index in [0.29, 0.717) is 17.1 Å². The van der Waals surface area contributed by atoms with E-state index in [1.54, 1.807) is 18.2 Å². The predicted molar refractivity (Wildman–Crippen MR) is 55.1 cm³/mol. The van der Waals surface area contributed by atoms with Crippen molar-refractivity contribution >= 4 is 17.6 Å². The smallest absolute Gasteiger partial charge is 0.330 e. The average Bonchev–Trinajstić information content (AvgIpc) is 2.01. The van der Waals surface area contributed by atoms with Crippen molar-refractivity contribution in [3.63, 3.8) is 0 Å². The molecule has 0 atom stereocenters. The lowest BCUT2D eigenvalue weighted by atomic mass is 10.1. The molecular weight excluding hydrogens is 202 g/mol. The molecule has 0 radical (unpaired) electrons. The molecule has 3 nitrogen and oxygen atoms in total. The van der Waals surface area contributed by atoms with E-state index in [-0.39, 0.29) is 0 Å². The van der Waals surface area contributed by atoms with Crippen molar-refractivity contribution in [2.45, 2.75) is 6.42 Å². The normalized spacial score (nSPS) is 11.4. The van der Waals surface area contributed by atoms with Gasteiger partial charge in [-0.25, -0.2) is 4.79 Å². The van der Waals surface area contributed by atoms with E-state index in [1.807, 2.05) is 6.07 Å². The molecule has 0 saturated carbocycles. The Morgan fingerprint density at radius 1 is 1.57 bits per heavy atom. The first-order valence-electron chi connectivity index (χ1n) is 4.01. The fourth-order valence-corrected chi connectivity index (χ4v) is 1.31. The molecule has 0 spiro atoms. The first kappa shape index (κ1) is 10.6. The van der Waals surface area contributed by atoms with Crippen molar-refractivity contribution in [1.82, 2.24) is 0 Å². The molecule has 4 heteroatoms. The zero-order valence-electron chi connectivity index (χ0n) is 7.40. The summed E-state index contributed by atoms with van der Waals surface area (Å²) in [5.41, 5.74) is 6.70. The maximum atomic E-state index is 10.3. The van der Waals surface area contributed by atoms with E-state index in [4.69, 9.17) is 22.4 Å². The van der Waals surface area contributed by atoms with Crippen LogP contribution in [0.2, 0.25) is 5.02 Å². The van der Waals surface area contributed by atoms with Gasteiger partial charge in [0.25, 0.3) is 0 Å². The van der Waals surface area contributed by atoms with Gasteiger partial charge in [0, 0.05) is 23.2 Å². The van der Waals surface area contributed by atoms with Crippen LogP contribution < -0.4 is 5.73 Å². The number of aliphatic carboxylic acids is 1. The summed E-state index contributed by atoms with van der Waals surface area (Å²) in [5, 5.41) is 9.05. The van der Waals surface area contributed by atoms with Gasteiger partial charge in [0.1, 0.15) is 0 Å². The Morgan fingerprint density at radius 3 is 2.86 bits per heavy atom. The summed E-state index contributed by atoms with van der Waals surface area (Å²) >= 11 is 5.76. The van der Waals surface area contributed by atoms with Gasteiger partial charge in [-0.05, 0) is 17.7 Å². The largest absolute Gasteiger partial charge is 0.478 e. The van der Waals surface area contributed by atoms with E-state index in [1.165, 1.54) is 0 Å². The number of hydrogen-bond donors (Lipinski definition) is 2. The average molecular weight is 212 g/mol. The molecule has 74 valence electrons. The van der Waals surface area contributed by atoms with Crippen molar-refractivity contribution in [1.29, 1.82) is 0 Å². The van der Waals surface area contributed by atoms with Crippen molar-refractivity contribution in [2.24, 2.45) is 5.73 Å². The van der Waals surface area contributed by atoms with E-state index in [0.717, 1.165) is 11.6 Å². The van der Waals surface area contributed by atoms with Crippen LogP contribution in [0.5, 0.6) is 0 Å². The molecule has 0 heterocycles. The van der Waals surface area contributed by atoms with Crippen molar-refractivity contribution in [3.05, 3.63) is 46.6 Å². The minimum atomic E-state index is -1.04.